The van der Waals surface area contributed by atoms with E-state index in [-0.39, 0.29) is 0 Å². The lowest BCUT2D eigenvalue weighted by Gasteiger charge is -1.93. The number of hydrogen-bond donors (Lipinski definition) is 1. The Labute approximate surface area is 94.1 Å². The zero-order valence-corrected chi connectivity index (χ0v) is 9.81. The summed E-state index contributed by atoms with van der Waals surface area (Å²) >= 11 is 1.80. The molecule has 15 heavy (non-hydrogen) atoms. The number of fused-ring (bicyclic) bond motifs is 1. The zero-order chi connectivity index (χ0) is 10.7. The second-order valence-corrected chi connectivity index (χ2v) is 4.77. The smallest absolute Gasteiger partial charge is 0.0939 e. The van der Waals surface area contributed by atoms with Crippen molar-refractivity contribution >= 4 is 21.6 Å². The van der Waals surface area contributed by atoms with E-state index in [1.807, 2.05) is 0 Å². The molecule has 0 atom stereocenters. The summed E-state index contributed by atoms with van der Waals surface area (Å²) in [6.07, 6.45) is 3.13. The molecule has 0 unspecified atom stereocenters. The molecule has 0 saturated heterocycles. The average molecular weight is 220 g/mol. The zero-order valence-electron chi connectivity index (χ0n) is 8.99. The molecule has 2 rings (SSSR count). The highest BCUT2D eigenvalue weighted by Crippen LogP contribution is 2.24. The molecule has 2 N–H and O–H groups in total. The van der Waals surface area contributed by atoms with Gasteiger partial charge in [0.1, 0.15) is 0 Å². The van der Waals surface area contributed by atoms with Gasteiger partial charge < -0.3 is 5.73 Å². The summed E-state index contributed by atoms with van der Waals surface area (Å²) in [5, 5.41) is 1.21. The van der Waals surface area contributed by atoms with Gasteiger partial charge in [-0.2, -0.15) is 0 Å². The second kappa shape index (κ2) is 4.73. The van der Waals surface area contributed by atoms with Gasteiger partial charge in [-0.3, -0.25) is 0 Å². The van der Waals surface area contributed by atoms with Crippen LogP contribution in [0.15, 0.2) is 18.2 Å². The van der Waals surface area contributed by atoms with Gasteiger partial charge >= 0.3 is 0 Å². The van der Waals surface area contributed by atoms with Crippen LogP contribution in [0.3, 0.4) is 0 Å². The van der Waals surface area contributed by atoms with Gasteiger partial charge in [0.2, 0.25) is 0 Å². The first-order chi connectivity index (χ1) is 7.33. The summed E-state index contributed by atoms with van der Waals surface area (Å²) in [5.41, 5.74) is 8.01. The van der Waals surface area contributed by atoms with Gasteiger partial charge in [0.15, 0.2) is 0 Å². The van der Waals surface area contributed by atoms with Crippen LogP contribution in [-0.2, 0) is 12.8 Å². The van der Waals surface area contributed by atoms with Crippen molar-refractivity contribution in [1.29, 1.82) is 0 Å². The van der Waals surface area contributed by atoms with Crippen molar-refractivity contribution in [3.8, 4) is 0 Å². The summed E-state index contributed by atoms with van der Waals surface area (Å²) in [6, 6.07) is 6.53. The van der Waals surface area contributed by atoms with Gasteiger partial charge in [-0.1, -0.05) is 13.0 Å². The summed E-state index contributed by atoms with van der Waals surface area (Å²) in [4.78, 5) is 4.59. The Kier molecular flexibility index (Phi) is 3.34. The molecule has 0 aliphatic rings. The minimum atomic E-state index is 0.746. The van der Waals surface area contributed by atoms with E-state index in [4.69, 9.17) is 5.73 Å². The van der Waals surface area contributed by atoms with E-state index in [1.54, 1.807) is 11.3 Å². The van der Waals surface area contributed by atoms with E-state index in [2.05, 4.69) is 30.1 Å². The first kappa shape index (κ1) is 10.6. The average Bonchev–Trinajstić information content (AvgIpc) is 2.67. The first-order valence-corrected chi connectivity index (χ1v) is 6.23. The lowest BCUT2D eigenvalue weighted by atomic mass is 10.2. The van der Waals surface area contributed by atoms with Gasteiger partial charge in [-0.05, 0) is 37.1 Å². The molecule has 0 saturated carbocycles. The minimum Gasteiger partial charge on any atom is -0.330 e. The fraction of sp³-hybridized carbons (Fsp3) is 0.417. The third-order valence-electron chi connectivity index (χ3n) is 2.50. The third kappa shape index (κ3) is 2.36. The quantitative estimate of drug-likeness (QED) is 0.860. The molecule has 0 aliphatic heterocycles. The SMILES string of the molecule is CCc1ccc2nc(CCCN)sc2c1. The molecular formula is C12H16N2S. The Bertz CT molecular complexity index is 448. The molecule has 2 aromatic rings. The molecule has 0 fully saturated rings. The highest BCUT2D eigenvalue weighted by molar-refractivity contribution is 7.18. The summed E-state index contributed by atoms with van der Waals surface area (Å²) in [5.74, 6) is 0. The number of aryl methyl sites for hydroxylation is 2. The number of rotatable bonds is 4. The fourth-order valence-electron chi connectivity index (χ4n) is 1.60. The van der Waals surface area contributed by atoms with E-state index in [0.29, 0.717) is 0 Å². The van der Waals surface area contributed by atoms with Crippen LogP contribution in [-0.4, -0.2) is 11.5 Å². The maximum absolute atomic E-state index is 5.49. The van der Waals surface area contributed by atoms with Gasteiger partial charge in [-0.15, -0.1) is 11.3 Å². The molecule has 80 valence electrons. The molecular weight excluding hydrogens is 204 g/mol. The van der Waals surface area contributed by atoms with Crippen LogP contribution in [0.4, 0.5) is 0 Å². The summed E-state index contributed by atoms with van der Waals surface area (Å²) in [6.45, 7) is 2.92. The van der Waals surface area contributed by atoms with Crippen LogP contribution in [0.2, 0.25) is 0 Å². The summed E-state index contributed by atoms with van der Waals surface area (Å²) in [7, 11) is 0. The largest absolute Gasteiger partial charge is 0.330 e. The molecule has 0 radical (unpaired) electrons. The fourth-order valence-corrected chi connectivity index (χ4v) is 2.67. The van der Waals surface area contributed by atoms with Crippen molar-refractivity contribution in [2.45, 2.75) is 26.2 Å². The molecule has 0 spiro atoms. The van der Waals surface area contributed by atoms with E-state index >= 15 is 0 Å². The monoisotopic (exact) mass is 220 g/mol. The third-order valence-corrected chi connectivity index (χ3v) is 3.58. The van der Waals surface area contributed by atoms with Crippen molar-refractivity contribution in [3.05, 3.63) is 28.8 Å². The van der Waals surface area contributed by atoms with E-state index in [0.717, 1.165) is 31.3 Å². The van der Waals surface area contributed by atoms with Crippen molar-refractivity contribution in [1.82, 2.24) is 4.98 Å². The van der Waals surface area contributed by atoms with Gasteiger partial charge in [0.05, 0.1) is 15.2 Å². The maximum atomic E-state index is 5.49. The molecule has 0 aliphatic carbocycles. The van der Waals surface area contributed by atoms with Crippen molar-refractivity contribution in [3.63, 3.8) is 0 Å². The number of benzene rings is 1. The Balaban J connectivity index is 2.29. The molecule has 0 bridgehead atoms. The molecule has 3 heteroatoms. The molecule has 1 aromatic heterocycles. The predicted octanol–water partition coefficient (Wildman–Crippen LogP) is 2.75. The van der Waals surface area contributed by atoms with Crippen LogP contribution in [0, 0.1) is 0 Å². The molecule has 1 heterocycles. The Morgan fingerprint density at radius 2 is 2.27 bits per heavy atom. The Morgan fingerprint density at radius 1 is 1.40 bits per heavy atom. The number of aromatic nitrogens is 1. The maximum Gasteiger partial charge on any atom is 0.0939 e. The van der Waals surface area contributed by atoms with Crippen molar-refractivity contribution < 1.29 is 0 Å². The number of nitrogens with two attached hydrogens (primary N) is 1. The topological polar surface area (TPSA) is 38.9 Å². The predicted molar refractivity (Wildman–Crippen MR) is 66.4 cm³/mol. The number of nitrogens with zero attached hydrogens (tertiary/aromatic N) is 1. The highest BCUT2D eigenvalue weighted by atomic mass is 32.1. The van der Waals surface area contributed by atoms with Crippen LogP contribution in [0.5, 0.6) is 0 Å². The Hall–Kier alpha value is -0.930. The Morgan fingerprint density at radius 3 is 3.00 bits per heavy atom. The summed E-state index contributed by atoms with van der Waals surface area (Å²) < 4.78 is 1.31. The van der Waals surface area contributed by atoms with E-state index in [1.165, 1.54) is 15.3 Å². The molecule has 1 aromatic carbocycles. The number of hydrogen-bond acceptors (Lipinski definition) is 3. The van der Waals surface area contributed by atoms with Gasteiger partial charge in [0, 0.05) is 6.42 Å². The lowest BCUT2D eigenvalue weighted by molar-refractivity contribution is 0.828. The standard InChI is InChI=1S/C12H16N2S/c1-2-9-5-6-10-11(8-9)15-12(14-10)4-3-7-13/h5-6,8H,2-4,7,13H2,1H3. The van der Waals surface area contributed by atoms with E-state index < -0.39 is 0 Å². The highest BCUT2D eigenvalue weighted by Gasteiger charge is 2.03. The lowest BCUT2D eigenvalue weighted by Crippen LogP contribution is -1.99. The molecule has 0 amide bonds. The van der Waals surface area contributed by atoms with Crippen molar-refractivity contribution in [2.75, 3.05) is 6.54 Å². The van der Waals surface area contributed by atoms with Crippen LogP contribution in [0.1, 0.15) is 23.9 Å². The van der Waals surface area contributed by atoms with Crippen LogP contribution in [0.25, 0.3) is 10.2 Å². The minimum absolute atomic E-state index is 0.746. The normalized spacial score (nSPS) is 11.1. The van der Waals surface area contributed by atoms with Crippen LogP contribution >= 0.6 is 11.3 Å². The second-order valence-electron chi connectivity index (χ2n) is 3.66. The van der Waals surface area contributed by atoms with Crippen molar-refractivity contribution in [2.24, 2.45) is 5.73 Å². The van der Waals surface area contributed by atoms with Gasteiger partial charge in [0.25, 0.3) is 0 Å². The molecule has 2 nitrogen and oxygen atoms in total. The van der Waals surface area contributed by atoms with Crippen LogP contribution < -0.4 is 5.73 Å². The van der Waals surface area contributed by atoms with Gasteiger partial charge in [-0.25, -0.2) is 4.98 Å². The first-order valence-electron chi connectivity index (χ1n) is 5.42. The number of thiazole rings is 1. The van der Waals surface area contributed by atoms with E-state index in [9.17, 15) is 0 Å².